The molecule has 8 heteroatoms. The number of hydrogen-bond acceptors (Lipinski definition) is 4. The molecule has 0 aliphatic rings. The lowest BCUT2D eigenvalue weighted by atomic mass is 10.3. The van der Waals surface area contributed by atoms with Gasteiger partial charge in [0.25, 0.3) is 15.9 Å². The van der Waals surface area contributed by atoms with E-state index in [0.717, 1.165) is 4.31 Å². The molecule has 0 bridgehead atoms. The maximum atomic E-state index is 12.4. The third kappa shape index (κ3) is 2.51. The molecule has 0 aliphatic heterocycles. The summed E-state index contributed by atoms with van der Waals surface area (Å²) in [5.74, 6) is 4.40. The molecule has 0 aliphatic carbocycles. The number of nitrogens with one attached hydrogen (secondary N) is 2. The minimum absolute atomic E-state index is 0.0116. The molecule has 7 nitrogen and oxygen atoms in total. The van der Waals surface area contributed by atoms with Crippen molar-refractivity contribution in [2.45, 2.75) is 4.90 Å². The molecule has 106 valence electrons. The number of aromatic nitrogens is 1. The summed E-state index contributed by atoms with van der Waals surface area (Å²) in [5.41, 5.74) is 2.53. The van der Waals surface area contributed by atoms with E-state index in [-0.39, 0.29) is 10.6 Å². The number of carbonyl (C=O) groups is 1. The van der Waals surface area contributed by atoms with Crippen LogP contribution in [0.3, 0.4) is 0 Å². The zero-order chi connectivity index (χ0) is 14.8. The first kappa shape index (κ1) is 14.1. The zero-order valence-corrected chi connectivity index (χ0v) is 11.5. The molecule has 0 unspecified atom stereocenters. The van der Waals surface area contributed by atoms with E-state index < -0.39 is 15.9 Å². The fraction of sp³-hybridized carbons (Fsp3) is 0.0833. The Balaban J connectivity index is 2.36. The molecule has 2 aromatic rings. The average molecular weight is 294 g/mol. The Labute approximate surface area is 116 Å². The van der Waals surface area contributed by atoms with Crippen molar-refractivity contribution in [3.63, 3.8) is 0 Å². The number of aromatic amines is 1. The molecule has 1 aromatic heterocycles. The van der Waals surface area contributed by atoms with E-state index in [1.165, 1.54) is 19.3 Å². The van der Waals surface area contributed by atoms with Gasteiger partial charge in [-0.2, -0.15) is 0 Å². The van der Waals surface area contributed by atoms with Crippen LogP contribution in [0.2, 0.25) is 0 Å². The summed E-state index contributed by atoms with van der Waals surface area (Å²) in [6.07, 6.45) is 1.25. The number of nitrogens with two attached hydrogens (primary N) is 1. The van der Waals surface area contributed by atoms with Crippen molar-refractivity contribution in [2.75, 3.05) is 11.4 Å². The number of nitrogens with zero attached hydrogens (tertiary/aromatic N) is 1. The quantitative estimate of drug-likeness (QED) is 0.432. The summed E-state index contributed by atoms with van der Waals surface area (Å²) in [7, 11) is -2.29. The van der Waals surface area contributed by atoms with E-state index in [9.17, 15) is 13.2 Å². The Morgan fingerprint density at radius 2 is 1.95 bits per heavy atom. The highest BCUT2D eigenvalue weighted by Gasteiger charge is 2.23. The zero-order valence-electron chi connectivity index (χ0n) is 10.7. The topological polar surface area (TPSA) is 108 Å². The van der Waals surface area contributed by atoms with Crippen molar-refractivity contribution in [3.8, 4) is 0 Å². The Morgan fingerprint density at radius 3 is 2.55 bits per heavy atom. The monoisotopic (exact) mass is 294 g/mol. The lowest BCUT2D eigenvalue weighted by Crippen LogP contribution is -2.30. The predicted octanol–water partition coefficient (Wildman–Crippen LogP) is 0.443. The van der Waals surface area contributed by atoms with E-state index in [1.54, 1.807) is 30.3 Å². The molecule has 0 saturated carbocycles. The van der Waals surface area contributed by atoms with Crippen LogP contribution in [0.1, 0.15) is 10.5 Å². The number of para-hydroxylation sites is 1. The molecular weight excluding hydrogens is 280 g/mol. The third-order valence-electron chi connectivity index (χ3n) is 2.81. The SMILES string of the molecule is CN(c1ccccc1)S(=O)(=O)c1c[nH]c(C(=O)NN)c1. The van der Waals surface area contributed by atoms with E-state index in [1.807, 2.05) is 5.43 Å². The van der Waals surface area contributed by atoms with Crippen LogP contribution in [-0.4, -0.2) is 26.4 Å². The number of carbonyl (C=O) groups excluding carboxylic acids is 1. The maximum Gasteiger partial charge on any atom is 0.281 e. The first-order valence-electron chi connectivity index (χ1n) is 5.70. The summed E-state index contributed by atoms with van der Waals surface area (Å²) < 4.78 is 25.9. The van der Waals surface area contributed by atoms with Crippen molar-refractivity contribution >= 4 is 21.6 Å². The molecule has 0 spiro atoms. The van der Waals surface area contributed by atoms with Crippen LogP contribution in [0.4, 0.5) is 5.69 Å². The van der Waals surface area contributed by atoms with E-state index >= 15 is 0 Å². The number of nitrogen functional groups attached to an aromatic ring is 1. The summed E-state index contributed by atoms with van der Waals surface area (Å²) in [5, 5.41) is 0. The van der Waals surface area contributed by atoms with Crippen LogP contribution >= 0.6 is 0 Å². The predicted molar refractivity (Wildman–Crippen MR) is 74.5 cm³/mol. The number of benzene rings is 1. The number of hydrazine groups is 1. The third-order valence-corrected chi connectivity index (χ3v) is 4.57. The lowest BCUT2D eigenvalue weighted by molar-refractivity contribution is 0.0949. The van der Waals surface area contributed by atoms with Crippen LogP contribution in [0.25, 0.3) is 0 Å². The van der Waals surface area contributed by atoms with Gasteiger partial charge in [0.05, 0.1) is 5.69 Å². The second-order valence-corrected chi connectivity index (χ2v) is 6.00. The standard InChI is InChI=1S/C12H14N4O3S/c1-16(9-5-3-2-4-6-9)20(18,19)10-7-11(14-8-10)12(17)15-13/h2-8,14H,13H2,1H3,(H,15,17). The van der Waals surface area contributed by atoms with Gasteiger partial charge in [-0.15, -0.1) is 0 Å². The summed E-state index contributed by atoms with van der Waals surface area (Å²) in [6.45, 7) is 0. The first-order valence-corrected chi connectivity index (χ1v) is 7.14. The number of hydrogen-bond donors (Lipinski definition) is 3. The number of sulfonamides is 1. The second-order valence-electron chi connectivity index (χ2n) is 4.03. The largest absolute Gasteiger partial charge is 0.356 e. The van der Waals surface area contributed by atoms with Crippen LogP contribution in [0.15, 0.2) is 47.5 Å². The minimum Gasteiger partial charge on any atom is -0.356 e. The minimum atomic E-state index is -3.73. The van der Waals surface area contributed by atoms with Gasteiger partial charge in [-0.25, -0.2) is 14.3 Å². The van der Waals surface area contributed by atoms with Crippen molar-refractivity contribution in [1.29, 1.82) is 0 Å². The molecule has 1 aromatic carbocycles. The average Bonchev–Trinajstić information content (AvgIpc) is 2.97. The molecule has 0 fully saturated rings. The molecular formula is C12H14N4O3S. The summed E-state index contributed by atoms with van der Waals surface area (Å²) in [6, 6.07) is 9.87. The van der Waals surface area contributed by atoms with Gasteiger partial charge < -0.3 is 4.98 Å². The Kier molecular flexibility index (Phi) is 3.77. The van der Waals surface area contributed by atoms with Crippen molar-refractivity contribution in [3.05, 3.63) is 48.3 Å². The van der Waals surface area contributed by atoms with Crippen molar-refractivity contribution in [1.82, 2.24) is 10.4 Å². The normalized spacial score (nSPS) is 11.1. The van der Waals surface area contributed by atoms with E-state index in [4.69, 9.17) is 5.84 Å². The van der Waals surface area contributed by atoms with E-state index in [0.29, 0.717) is 5.69 Å². The van der Waals surface area contributed by atoms with Crippen LogP contribution in [0.5, 0.6) is 0 Å². The number of anilines is 1. The van der Waals surface area contributed by atoms with Gasteiger partial charge in [0, 0.05) is 13.2 Å². The highest BCUT2D eigenvalue weighted by molar-refractivity contribution is 7.92. The lowest BCUT2D eigenvalue weighted by Gasteiger charge is -2.18. The Hall–Kier alpha value is -2.32. The number of rotatable bonds is 4. The van der Waals surface area contributed by atoms with Gasteiger partial charge in [0.15, 0.2) is 0 Å². The Bertz CT molecular complexity index is 709. The molecule has 1 heterocycles. The van der Waals surface area contributed by atoms with Gasteiger partial charge in [-0.1, -0.05) is 18.2 Å². The maximum absolute atomic E-state index is 12.4. The summed E-state index contributed by atoms with van der Waals surface area (Å²) in [4.78, 5) is 13.9. The van der Waals surface area contributed by atoms with Gasteiger partial charge in [0.2, 0.25) is 0 Å². The molecule has 0 radical (unpaired) electrons. The fourth-order valence-electron chi connectivity index (χ4n) is 1.67. The van der Waals surface area contributed by atoms with Gasteiger partial charge in [-0.05, 0) is 18.2 Å². The second kappa shape index (κ2) is 5.35. The molecule has 0 atom stereocenters. The molecule has 20 heavy (non-hydrogen) atoms. The summed E-state index contributed by atoms with van der Waals surface area (Å²) >= 11 is 0. The molecule has 4 N–H and O–H groups in total. The number of H-pyrrole nitrogens is 1. The highest BCUT2D eigenvalue weighted by Crippen LogP contribution is 2.21. The van der Waals surface area contributed by atoms with E-state index in [2.05, 4.69) is 4.98 Å². The molecule has 1 amide bonds. The fourth-order valence-corrected chi connectivity index (χ4v) is 2.86. The molecule has 0 saturated heterocycles. The van der Waals surface area contributed by atoms with Crippen LogP contribution < -0.4 is 15.6 Å². The first-order chi connectivity index (χ1) is 9.46. The van der Waals surface area contributed by atoms with Crippen LogP contribution in [-0.2, 0) is 10.0 Å². The van der Waals surface area contributed by atoms with Crippen molar-refractivity contribution < 1.29 is 13.2 Å². The van der Waals surface area contributed by atoms with Crippen LogP contribution in [0, 0.1) is 0 Å². The molecule has 2 rings (SSSR count). The van der Waals surface area contributed by atoms with Gasteiger partial charge in [-0.3, -0.25) is 14.5 Å². The Morgan fingerprint density at radius 1 is 1.30 bits per heavy atom. The van der Waals surface area contributed by atoms with Crippen molar-refractivity contribution in [2.24, 2.45) is 5.84 Å². The smallest absolute Gasteiger partial charge is 0.281 e. The van der Waals surface area contributed by atoms with Gasteiger partial charge in [0.1, 0.15) is 10.6 Å². The number of amides is 1. The highest BCUT2D eigenvalue weighted by atomic mass is 32.2. The van der Waals surface area contributed by atoms with Gasteiger partial charge >= 0.3 is 0 Å².